The Balaban J connectivity index is 0.000000275. The van der Waals surface area contributed by atoms with E-state index in [0.717, 1.165) is 27.8 Å². The Morgan fingerprint density at radius 1 is 0.667 bits per heavy atom. The number of ether oxygens (including phenoxy) is 1. The van der Waals surface area contributed by atoms with Crippen molar-refractivity contribution < 1.29 is 9.84 Å². The van der Waals surface area contributed by atoms with Crippen molar-refractivity contribution in [1.29, 1.82) is 0 Å². The third kappa shape index (κ3) is 6.26. The molecule has 0 saturated carbocycles. The van der Waals surface area contributed by atoms with Crippen molar-refractivity contribution >= 4 is 31.9 Å². The first kappa shape index (κ1) is 23.6. The predicted octanol–water partition coefficient (Wildman–Crippen LogP) is 7.46. The van der Waals surface area contributed by atoms with Gasteiger partial charge in [-0.15, -0.1) is 0 Å². The fourth-order valence-corrected chi connectivity index (χ4v) is 4.47. The Morgan fingerprint density at radius 3 is 1.64 bits per heavy atom. The normalized spacial score (nSPS) is 13.7. The van der Waals surface area contributed by atoms with Gasteiger partial charge in [0.05, 0.1) is 15.0 Å². The Morgan fingerprint density at radius 2 is 1.15 bits per heavy atom. The van der Waals surface area contributed by atoms with E-state index in [1.807, 2.05) is 30.3 Å². The number of aromatic hydroxyl groups is 1. The number of rotatable bonds is 5. The van der Waals surface area contributed by atoms with Crippen molar-refractivity contribution in [2.45, 2.75) is 12.1 Å². The van der Waals surface area contributed by atoms with Gasteiger partial charge in [0.2, 0.25) is 0 Å². The van der Waals surface area contributed by atoms with Gasteiger partial charge in [-0.3, -0.25) is 4.90 Å². The molecule has 0 bridgehead atoms. The first-order valence-electron chi connectivity index (χ1n) is 10.8. The molecule has 0 unspecified atom stereocenters. The lowest BCUT2D eigenvalue weighted by Gasteiger charge is -2.44. The molecule has 4 aromatic carbocycles. The van der Waals surface area contributed by atoms with Crippen LogP contribution in [0.5, 0.6) is 11.5 Å². The molecule has 0 atom stereocenters. The number of hydrogen-bond acceptors (Lipinski definition) is 3. The van der Waals surface area contributed by atoms with E-state index >= 15 is 0 Å². The largest absolute Gasteiger partial charge is 0.507 e. The van der Waals surface area contributed by atoms with Crippen molar-refractivity contribution in [3.05, 3.63) is 129 Å². The summed E-state index contributed by atoms with van der Waals surface area (Å²) in [5.41, 5.74) is 2.65. The van der Waals surface area contributed by atoms with Crippen LogP contribution in [-0.4, -0.2) is 29.2 Å². The molecule has 168 valence electrons. The maximum atomic E-state index is 8.87. The zero-order valence-electron chi connectivity index (χ0n) is 18.0. The van der Waals surface area contributed by atoms with Crippen molar-refractivity contribution in [1.82, 2.24) is 4.90 Å². The van der Waals surface area contributed by atoms with Crippen LogP contribution in [0, 0.1) is 0 Å². The molecular formula is C28H25Br2NO2. The number of hydrogen-bond donors (Lipinski definition) is 1. The summed E-state index contributed by atoms with van der Waals surface area (Å²) in [6.45, 7) is 1.85. The number of phenolic OH excluding ortho intramolecular Hbond substituents is 1. The second-order valence-corrected chi connectivity index (χ2v) is 9.51. The number of phenols is 1. The Labute approximate surface area is 211 Å². The summed E-state index contributed by atoms with van der Waals surface area (Å²) in [4.78, 5) is 2.48. The summed E-state index contributed by atoms with van der Waals surface area (Å²) in [5.74, 6) is 1.20. The molecule has 0 spiro atoms. The van der Waals surface area contributed by atoms with E-state index in [2.05, 4.69) is 97.4 Å². The lowest BCUT2D eigenvalue weighted by molar-refractivity contribution is -0.000113. The first-order valence-corrected chi connectivity index (χ1v) is 12.4. The van der Waals surface area contributed by atoms with Gasteiger partial charge in [-0.1, -0.05) is 84.9 Å². The van der Waals surface area contributed by atoms with E-state index < -0.39 is 0 Å². The van der Waals surface area contributed by atoms with Crippen LogP contribution in [0.1, 0.15) is 17.2 Å². The third-order valence-corrected chi connectivity index (χ3v) is 6.78. The van der Waals surface area contributed by atoms with Gasteiger partial charge in [-0.05, 0) is 67.3 Å². The molecule has 0 aromatic heterocycles. The lowest BCUT2D eigenvalue weighted by atomic mass is 9.94. The van der Waals surface area contributed by atoms with Crippen molar-refractivity contribution in [3.8, 4) is 11.5 Å². The molecular weight excluding hydrogens is 542 g/mol. The highest BCUT2D eigenvalue weighted by atomic mass is 79.9. The summed E-state index contributed by atoms with van der Waals surface area (Å²) < 4.78 is 7.89. The molecule has 4 aromatic rings. The molecule has 1 saturated heterocycles. The molecule has 1 aliphatic heterocycles. The maximum absolute atomic E-state index is 8.87. The van der Waals surface area contributed by atoms with E-state index in [0.29, 0.717) is 0 Å². The van der Waals surface area contributed by atoms with E-state index in [9.17, 15) is 0 Å². The Hall–Kier alpha value is -2.60. The number of nitrogens with zero attached hydrogens (tertiary/aromatic N) is 1. The first-order chi connectivity index (χ1) is 16.1. The van der Waals surface area contributed by atoms with Crippen LogP contribution >= 0.6 is 31.9 Å². The average molecular weight is 567 g/mol. The van der Waals surface area contributed by atoms with Gasteiger partial charge in [-0.25, -0.2) is 0 Å². The van der Waals surface area contributed by atoms with E-state index in [-0.39, 0.29) is 17.9 Å². The molecule has 0 aliphatic carbocycles. The van der Waals surface area contributed by atoms with Gasteiger partial charge in [0.1, 0.15) is 17.6 Å². The molecule has 1 N–H and O–H groups in total. The minimum absolute atomic E-state index is 0.230. The SMILES string of the molecule is Brc1ccccc1OC1CN(C(c2ccccc2)c2ccccc2)C1.Oc1ccccc1Br. The number of halogens is 2. The number of para-hydroxylation sites is 2. The van der Waals surface area contributed by atoms with E-state index in [1.54, 1.807) is 18.2 Å². The summed E-state index contributed by atoms with van der Waals surface area (Å²) in [6, 6.07) is 36.8. The number of likely N-dealkylation sites (tertiary alicyclic amines) is 1. The lowest BCUT2D eigenvalue weighted by Crippen LogP contribution is -2.55. The minimum atomic E-state index is 0.230. The molecule has 5 rings (SSSR count). The van der Waals surface area contributed by atoms with Crippen LogP contribution in [0.15, 0.2) is 118 Å². The molecule has 1 aliphatic rings. The smallest absolute Gasteiger partial charge is 0.134 e. The fourth-order valence-electron chi connectivity index (χ4n) is 3.81. The van der Waals surface area contributed by atoms with Crippen LogP contribution in [-0.2, 0) is 0 Å². The fraction of sp³-hybridized carbons (Fsp3) is 0.143. The molecule has 0 amide bonds. The van der Waals surface area contributed by atoms with Crippen LogP contribution in [0.25, 0.3) is 0 Å². The quantitative estimate of drug-likeness (QED) is 0.272. The molecule has 1 fully saturated rings. The van der Waals surface area contributed by atoms with Crippen molar-refractivity contribution in [2.24, 2.45) is 0 Å². The Kier molecular flexibility index (Phi) is 8.21. The van der Waals surface area contributed by atoms with Crippen LogP contribution in [0.4, 0.5) is 0 Å². The monoisotopic (exact) mass is 565 g/mol. The summed E-state index contributed by atoms with van der Waals surface area (Å²) in [7, 11) is 0. The molecule has 1 heterocycles. The number of benzene rings is 4. The van der Waals surface area contributed by atoms with Crippen molar-refractivity contribution in [2.75, 3.05) is 13.1 Å². The van der Waals surface area contributed by atoms with Crippen LogP contribution < -0.4 is 4.74 Å². The zero-order chi connectivity index (χ0) is 23.0. The standard InChI is InChI=1S/C22H20BrNO.C6H5BrO/c23-20-13-7-8-14-21(20)25-19-15-24(16-19)22(17-9-3-1-4-10-17)18-11-5-2-6-12-18;7-5-3-1-2-4-6(5)8/h1-14,19,22H,15-16H2;1-4,8H. The molecule has 5 heteroatoms. The van der Waals surface area contributed by atoms with E-state index in [4.69, 9.17) is 9.84 Å². The van der Waals surface area contributed by atoms with E-state index in [1.165, 1.54) is 11.1 Å². The van der Waals surface area contributed by atoms with Gasteiger partial charge in [0.15, 0.2) is 0 Å². The van der Waals surface area contributed by atoms with Gasteiger partial charge in [0.25, 0.3) is 0 Å². The van der Waals surface area contributed by atoms with Gasteiger partial charge in [-0.2, -0.15) is 0 Å². The third-order valence-electron chi connectivity index (χ3n) is 5.45. The Bertz CT molecular complexity index is 1090. The van der Waals surface area contributed by atoms with Crippen LogP contribution in [0.2, 0.25) is 0 Å². The maximum Gasteiger partial charge on any atom is 0.134 e. The topological polar surface area (TPSA) is 32.7 Å². The highest BCUT2D eigenvalue weighted by Crippen LogP contribution is 2.34. The van der Waals surface area contributed by atoms with Crippen LogP contribution in [0.3, 0.4) is 0 Å². The van der Waals surface area contributed by atoms with Crippen molar-refractivity contribution in [3.63, 3.8) is 0 Å². The molecule has 33 heavy (non-hydrogen) atoms. The average Bonchev–Trinajstić information content (AvgIpc) is 2.82. The van der Waals surface area contributed by atoms with Gasteiger partial charge < -0.3 is 9.84 Å². The molecule has 3 nitrogen and oxygen atoms in total. The zero-order valence-corrected chi connectivity index (χ0v) is 21.2. The second-order valence-electron chi connectivity index (χ2n) is 7.80. The second kappa shape index (κ2) is 11.5. The molecule has 0 radical (unpaired) electrons. The minimum Gasteiger partial charge on any atom is -0.507 e. The highest BCUT2D eigenvalue weighted by molar-refractivity contribution is 9.10. The van der Waals surface area contributed by atoms with Gasteiger partial charge >= 0.3 is 0 Å². The summed E-state index contributed by atoms with van der Waals surface area (Å²) >= 11 is 6.70. The summed E-state index contributed by atoms with van der Waals surface area (Å²) in [5, 5.41) is 8.87. The predicted molar refractivity (Wildman–Crippen MR) is 141 cm³/mol. The highest BCUT2D eigenvalue weighted by Gasteiger charge is 2.35. The summed E-state index contributed by atoms with van der Waals surface area (Å²) in [6.07, 6.45) is 0.230. The van der Waals surface area contributed by atoms with Gasteiger partial charge in [0, 0.05) is 13.1 Å².